The highest BCUT2D eigenvalue weighted by atomic mass is 19.2. The summed E-state index contributed by atoms with van der Waals surface area (Å²) in [6.45, 7) is 11.6. The molecule has 8 heteroatoms. The van der Waals surface area contributed by atoms with Gasteiger partial charge in [-0.25, -0.2) is 13.8 Å². The third-order valence-electron chi connectivity index (χ3n) is 5.70. The first kappa shape index (κ1) is 27.3. The molecule has 0 bridgehead atoms. The number of aldehydes is 1. The summed E-state index contributed by atoms with van der Waals surface area (Å²) in [6, 6.07) is 2.60. The van der Waals surface area contributed by atoms with Crippen LogP contribution in [0.4, 0.5) is 8.78 Å². The zero-order valence-electron chi connectivity index (χ0n) is 20.8. The van der Waals surface area contributed by atoms with Crippen molar-refractivity contribution in [3.63, 3.8) is 0 Å². The molecule has 0 radical (unpaired) electrons. The van der Waals surface area contributed by atoms with Crippen LogP contribution in [0.2, 0.25) is 0 Å². The van der Waals surface area contributed by atoms with Crippen molar-refractivity contribution in [3.05, 3.63) is 61.9 Å². The number of aryl methyl sites for hydroxylation is 2. The number of aliphatic hydroxyl groups is 1. The largest absolute Gasteiger partial charge is 0.381 e. The number of aliphatic hydroxyl groups excluding tert-OH is 1. The number of benzene rings is 1. The lowest BCUT2D eigenvalue weighted by atomic mass is 9.95. The number of halogens is 2. The van der Waals surface area contributed by atoms with E-state index in [1.807, 2.05) is 34.6 Å². The van der Waals surface area contributed by atoms with Crippen molar-refractivity contribution in [2.24, 2.45) is 0 Å². The summed E-state index contributed by atoms with van der Waals surface area (Å²) in [5.41, 5.74) is 2.83. The van der Waals surface area contributed by atoms with Crippen molar-refractivity contribution in [3.8, 4) is 11.4 Å². The van der Waals surface area contributed by atoms with Crippen LogP contribution in [0, 0.1) is 18.6 Å². The molecule has 1 aliphatic rings. The Morgan fingerprint density at radius 1 is 1.21 bits per heavy atom. The topological polar surface area (TPSA) is 81.4 Å². The van der Waals surface area contributed by atoms with Crippen LogP contribution in [-0.4, -0.2) is 28.1 Å². The number of fused-ring (bicyclic) bond motifs is 4. The molecule has 0 saturated heterocycles. The highest BCUT2D eigenvalue weighted by Gasteiger charge is 2.30. The SMILES string of the molecule is CC.CC.CCc1c2c(nc3cc(F)c(F)c(C)c13)-c1cc(C(O)C=O)c(COC)c(=O)n1C2. The fourth-order valence-corrected chi connectivity index (χ4v) is 4.31. The van der Waals surface area contributed by atoms with Gasteiger partial charge in [-0.2, -0.15) is 0 Å². The van der Waals surface area contributed by atoms with Gasteiger partial charge in [0.1, 0.15) is 6.10 Å². The number of pyridine rings is 2. The molecule has 184 valence electrons. The lowest BCUT2D eigenvalue weighted by molar-refractivity contribution is -0.115. The molecule has 0 fully saturated rings. The molecule has 1 aliphatic heterocycles. The first-order chi connectivity index (χ1) is 16.3. The van der Waals surface area contributed by atoms with Crippen LogP contribution in [-0.2, 0) is 29.1 Å². The van der Waals surface area contributed by atoms with Crippen LogP contribution in [0.3, 0.4) is 0 Å². The first-order valence-electron chi connectivity index (χ1n) is 11.5. The number of nitrogens with zero attached hydrogens (tertiary/aromatic N) is 2. The molecule has 6 nitrogen and oxygen atoms in total. The molecule has 0 amide bonds. The van der Waals surface area contributed by atoms with Gasteiger partial charge in [0.15, 0.2) is 17.9 Å². The summed E-state index contributed by atoms with van der Waals surface area (Å²) in [7, 11) is 1.42. The Hall–Kier alpha value is -2.97. The van der Waals surface area contributed by atoms with Gasteiger partial charge in [-0.1, -0.05) is 34.6 Å². The Morgan fingerprint density at radius 3 is 2.41 bits per heavy atom. The maximum absolute atomic E-state index is 14.2. The van der Waals surface area contributed by atoms with E-state index in [9.17, 15) is 23.5 Å². The van der Waals surface area contributed by atoms with Gasteiger partial charge in [0.25, 0.3) is 5.56 Å². The molecule has 4 rings (SSSR count). The summed E-state index contributed by atoms with van der Waals surface area (Å²) in [5, 5.41) is 10.7. The highest BCUT2D eigenvalue weighted by Crippen LogP contribution is 2.38. The van der Waals surface area contributed by atoms with Crippen molar-refractivity contribution >= 4 is 17.2 Å². The van der Waals surface area contributed by atoms with E-state index in [0.29, 0.717) is 35.0 Å². The monoisotopic (exact) mass is 474 g/mol. The average molecular weight is 475 g/mol. The van der Waals surface area contributed by atoms with E-state index in [-0.39, 0.29) is 29.8 Å². The minimum atomic E-state index is -1.49. The predicted molar refractivity (Wildman–Crippen MR) is 129 cm³/mol. The van der Waals surface area contributed by atoms with Gasteiger partial charge in [-0.3, -0.25) is 4.79 Å². The molecule has 3 heterocycles. The van der Waals surface area contributed by atoms with Gasteiger partial charge in [0, 0.05) is 35.3 Å². The van der Waals surface area contributed by atoms with Crippen LogP contribution in [0.25, 0.3) is 22.3 Å². The Bertz CT molecular complexity index is 1270. The molecule has 0 spiro atoms. The lowest BCUT2D eigenvalue weighted by Crippen LogP contribution is -2.26. The van der Waals surface area contributed by atoms with Crippen LogP contribution < -0.4 is 5.56 Å². The number of carbonyl (C=O) groups excluding carboxylic acids is 1. The maximum atomic E-state index is 14.2. The Kier molecular flexibility index (Phi) is 9.18. The van der Waals surface area contributed by atoms with E-state index in [1.165, 1.54) is 18.6 Å². The number of ether oxygens (including phenoxy) is 1. The first-order valence-corrected chi connectivity index (χ1v) is 11.5. The maximum Gasteiger partial charge on any atom is 0.257 e. The second-order valence-electron chi connectivity index (χ2n) is 7.33. The Labute approximate surface area is 198 Å². The van der Waals surface area contributed by atoms with Gasteiger partial charge >= 0.3 is 0 Å². The minimum absolute atomic E-state index is 0.0682. The Balaban J connectivity index is 0.000000970. The van der Waals surface area contributed by atoms with Gasteiger partial charge in [0.2, 0.25) is 0 Å². The van der Waals surface area contributed by atoms with E-state index < -0.39 is 23.3 Å². The normalized spacial score (nSPS) is 12.2. The van der Waals surface area contributed by atoms with Crippen molar-refractivity contribution in [2.75, 3.05) is 7.11 Å². The third kappa shape index (κ3) is 4.40. The zero-order chi connectivity index (χ0) is 25.7. The number of methoxy groups -OCH3 is 1. The standard InChI is InChI=1S/C22H20F2N2O4.2C2H6/c1-4-11-13-7-26-17(5-12(18(28)8-27)14(9-30-3)22(26)29)21(13)25-16-6-15(23)20(24)10(2)19(11)16;2*1-2/h5-6,8,18,28H,4,7,9H2,1-3H3;2*1-2H3. The van der Waals surface area contributed by atoms with E-state index >= 15 is 0 Å². The number of rotatable bonds is 5. The Morgan fingerprint density at radius 2 is 1.85 bits per heavy atom. The second-order valence-corrected chi connectivity index (χ2v) is 7.33. The molecule has 1 atom stereocenters. The molecule has 3 aromatic rings. The van der Waals surface area contributed by atoms with Gasteiger partial charge in [-0.05, 0) is 30.5 Å². The fourth-order valence-electron chi connectivity index (χ4n) is 4.31. The summed E-state index contributed by atoms with van der Waals surface area (Å²) in [4.78, 5) is 28.9. The van der Waals surface area contributed by atoms with E-state index in [0.717, 1.165) is 17.2 Å². The quantitative estimate of drug-likeness (QED) is 0.412. The summed E-state index contributed by atoms with van der Waals surface area (Å²) in [6.07, 6.45) is -0.615. The molecule has 0 aliphatic carbocycles. The fraction of sp³-hybridized carbons (Fsp3) is 0.423. The minimum Gasteiger partial charge on any atom is -0.381 e. The highest BCUT2D eigenvalue weighted by molar-refractivity contribution is 5.90. The molecular formula is C26H32F2N2O4. The number of carbonyl (C=O) groups is 1. The average Bonchev–Trinajstić information content (AvgIpc) is 3.23. The predicted octanol–water partition coefficient (Wildman–Crippen LogP) is 5.01. The zero-order valence-corrected chi connectivity index (χ0v) is 20.8. The van der Waals surface area contributed by atoms with E-state index in [2.05, 4.69) is 4.98 Å². The van der Waals surface area contributed by atoms with Crippen LogP contribution in [0.1, 0.15) is 68.5 Å². The van der Waals surface area contributed by atoms with Crippen molar-refractivity contribution in [1.29, 1.82) is 0 Å². The molecule has 1 N–H and O–H groups in total. The third-order valence-corrected chi connectivity index (χ3v) is 5.70. The van der Waals surface area contributed by atoms with Gasteiger partial charge in [-0.15, -0.1) is 0 Å². The smallest absolute Gasteiger partial charge is 0.257 e. The van der Waals surface area contributed by atoms with Crippen LogP contribution in [0.15, 0.2) is 16.9 Å². The van der Waals surface area contributed by atoms with Crippen molar-refractivity contribution < 1.29 is 23.4 Å². The molecule has 1 unspecified atom stereocenters. The molecule has 1 aromatic carbocycles. The van der Waals surface area contributed by atoms with Crippen LogP contribution >= 0.6 is 0 Å². The van der Waals surface area contributed by atoms with Crippen molar-refractivity contribution in [2.45, 2.75) is 67.2 Å². The molecular weight excluding hydrogens is 442 g/mol. The summed E-state index contributed by atoms with van der Waals surface area (Å²) in [5.74, 6) is -1.90. The number of hydrogen-bond donors (Lipinski definition) is 1. The summed E-state index contributed by atoms with van der Waals surface area (Å²) < 4.78 is 34.9. The second kappa shape index (κ2) is 11.4. The summed E-state index contributed by atoms with van der Waals surface area (Å²) >= 11 is 0. The van der Waals surface area contributed by atoms with Crippen LogP contribution in [0.5, 0.6) is 0 Å². The molecule has 2 aromatic heterocycles. The van der Waals surface area contributed by atoms with E-state index in [1.54, 1.807) is 6.07 Å². The molecule has 34 heavy (non-hydrogen) atoms. The number of aromatic nitrogens is 2. The number of hydrogen-bond acceptors (Lipinski definition) is 5. The van der Waals surface area contributed by atoms with Gasteiger partial charge < -0.3 is 19.2 Å². The van der Waals surface area contributed by atoms with Crippen molar-refractivity contribution in [1.82, 2.24) is 9.55 Å². The van der Waals surface area contributed by atoms with E-state index in [4.69, 9.17) is 4.74 Å². The molecule has 0 saturated carbocycles. The van der Waals surface area contributed by atoms with Gasteiger partial charge in [0.05, 0.1) is 30.1 Å². The lowest BCUT2D eigenvalue weighted by Gasteiger charge is -2.14.